The van der Waals surface area contributed by atoms with E-state index in [4.69, 9.17) is 0 Å². The zero-order valence-electron chi connectivity index (χ0n) is 14.7. The van der Waals surface area contributed by atoms with Crippen LogP contribution >= 0.6 is 0 Å². The summed E-state index contributed by atoms with van der Waals surface area (Å²) in [7, 11) is 0. The van der Waals surface area contributed by atoms with Crippen molar-refractivity contribution in [2.24, 2.45) is 11.8 Å². The van der Waals surface area contributed by atoms with Gasteiger partial charge in [0, 0.05) is 6.04 Å². The molecule has 1 saturated heterocycles. The topological polar surface area (TPSA) is 70.2 Å². The fourth-order valence-electron chi connectivity index (χ4n) is 2.96. The third-order valence-electron chi connectivity index (χ3n) is 4.54. The Kier molecular flexibility index (Phi) is 6.47. The monoisotopic (exact) mass is 353 g/mol. The molecular weight excluding hydrogens is 328 g/mol. The van der Waals surface area contributed by atoms with Crippen molar-refractivity contribution in [3.63, 3.8) is 0 Å². The van der Waals surface area contributed by atoms with Crippen LogP contribution in [0.3, 0.4) is 0 Å². The molecule has 0 bridgehead atoms. The van der Waals surface area contributed by atoms with Gasteiger partial charge in [0.05, 0.1) is 0 Å². The van der Waals surface area contributed by atoms with Gasteiger partial charge in [-0.05, 0) is 43.5 Å². The zero-order chi connectivity index (χ0) is 18.6. The van der Waals surface area contributed by atoms with Gasteiger partial charge in [0.2, 0.25) is 5.91 Å². The van der Waals surface area contributed by atoms with Gasteiger partial charge in [-0.3, -0.25) is 9.59 Å². The fourth-order valence-corrected chi connectivity index (χ4v) is 2.96. The van der Waals surface area contributed by atoms with E-state index >= 15 is 0 Å². The van der Waals surface area contributed by atoms with Crippen LogP contribution in [0.5, 0.6) is 0 Å². The number of piperidine rings is 1. The Morgan fingerprint density at radius 3 is 2.44 bits per heavy atom. The first-order valence-corrected chi connectivity index (χ1v) is 8.57. The number of carbonyl (C=O) groups is 2. The van der Waals surface area contributed by atoms with E-state index in [1.165, 1.54) is 6.07 Å². The average molecular weight is 353 g/mol. The maximum absolute atomic E-state index is 13.8. The summed E-state index contributed by atoms with van der Waals surface area (Å²) in [4.78, 5) is 24.9. The normalized spacial score (nSPS) is 21.7. The zero-order valence-corrected chi connectivity index (χ0v) is 14.7. The van der Waals surface area contributed by atoms with Crippen molar-refractivity contribution < 1.29 is 18.4 Å². The molecule has 2 rings (SSSR count). The molecule has 138 valence electrons. The highest BCUT2D eigenvalue weighted by Crippen LogP contribution is 2.15. The van der Waals surface area contributed by atoms with E-state index in [2.05, 4.69) is 16.0 Å². The standard InChI is InChI=1S/C18H25F2N3O2/c1-10(2)16(18(25)22-14-7-8-21-9-11(14)3)23-17(24)15-12(19)5-4-6-13(15)20/h4-6,10-11,14,16,21H,7-9H2,1-3H3,(H,22,25)(H,23,24). The second-order valence-corrected chi connectivity index (χ2v) is 6.88. The van der Waals surface area contributed by atoms with Crippen LogP contribution < -0.4 is 16.0 Å². The lowest BCUT2D eigenvalue weighted by atomic mass is 9.94. The summed E-state index contributed by atoms with van der Waals surface area (Å²) >= 11 is 0. The number of nitrogens with one attached hydrogen (secondary N) is 3. The molecule has 0 radical (unpaired) electrons. The number of carbonyl (C=O) groups excluding carboxylic acids is 2. The molecule has 1 aliphatic heterocycles. The van der Waals surface area contributed by atoms with Gasteiger partial charge in [0.15, 0.2) is 0 Å². The van der Waals surface area contributed by atoms with Crippen LogP contribution in [-0.4, -0.2) is 37.0 Å². The lowest BCUT2D eigenvalue weighted by Gasteiger charge is -2.32. The molecule has 1 aliphatic rings. The van der Waals surface area contributed by atoms with E-state index in [-0.39, 0.29) is 23.8 Å². The third kappa shape index (κ3) is 4.75. The minimum Gasteiger partial charge on any atom is -0.351 e. The van der Waals surface area contributed by atoms with Gasteiger partial charge in [0.25, 0.3) is 5.91 Å². The second-order valence-electron chi connectivity index (χ2n) is 6.88. The largest absolute Gasteiger partial charge is 0.351 e. The second kappa shape index (κ2) is 8.38. The van der Waals surface area contributed by atoms with Crippen molar-refractivity contribution >= 4 is 11.8 Å². The Hall–Kier alpha value is -2.02. The Bertz CT molecular complexity index is 616. The Morgan fingerprint density at radius 2 is 1.88 bits per heavy atom. The van der Waals surface area contributed by atoms with Crippen molar-refractivity contribution in [1.29, 1.82) is 0 Å². The molecule has 7 heteroatoms. The maximum Gasteiger partial charge on any atom is 0.257 e. The molecule has 5 nitrogen and oxygen atoms in total. The highest BCUT2D eigenvalue weighted by molar-refractivity contribution is 5.98. The van der Waals surface area contributed by atoms with Crippen LogP contribution in [0.4, 0.5) is 8.78 Å². The molecular formula is C18H25F2N3O2. The number of benzene rings is 1. The Labute approximate surface area is 146 Å². The van der Waals surface area contributed by atoms with E-state index in [0.29, 0.717) is 0 Å². The minimum absolute atomic E-state index is 0.0112. The predicted molar refractivity (Wildman–Crippen MR) is 91.0 cm³/mol. The van der Waals surface area contributed by atoms with Gasteiger partial charge >= 0.3 is 0 Å². The molecule has 0 aliphatic carbocycles. The van der Waals surface area contributed by atoms with Crippen LogP contribution in [0.2, 0.25) is 0 Å². The number of halogens is 2. The van der Waals surface area contributed by atoms with Gasteiger partial charge in [-0.15, -0.1) is 0 Å². The molecule has 1 aromatic rings. The van der Waals surface area contributed by atoms with Gasteiger partial charge in [-0.25, -0.2) is 8.78 Å². The van der Waals surface area contributed by atoms with Gasteiger partial charge < -0.3 is 16.0 Å². The summed E-state index contributed by atoms with van der Waals surface area (Å²) in [5, 5.41) is 8.68. The van der Waals surface area contributed by atoms with E-state index < -0.39 is 29.1 Å². The summed E-state index contributed by atoms with van der Waals surface area (Å²) in [6, 6.07) is 2.36. The van der Waals surface area contributed by atoms with Crippen molar-refractivity contribution in [3.8, 4) is 0 Å². The van der Waals surface area contributed by atoms with E-state index in [1.54, 1.807) is 13.8 Å². The van der Waals surface area contributed by atoms with Crippen LogP contribution in [-0.2, 0) is 4.79 Å². The SMILES string of the molecule is CC(C)C(NC(=O)c1c(F)cccc1F)C(=O)NC1CCNCC1C. The molecule has 0 aromatic heterocycles. The van der Waals surface area contributed by atoms with E-state index in [1.807, 2.05) is 6.92 Å². The Morgan fingerprint density at radius 1 is 1.24 bits per heavy atom. The molecule has 0 saturated carbocycles. The van der Waals surface area contributed by atoms with E-state index in [9.17, 15) is 18.4 Å². The Balaban J connectivity index is 2.09. The maximum atomic E-state index is 13.8. The van der Waals surface area contributed by atoms with Gasteiger partial charge in [0.1, 0.15) is 23.2 Å². The van der Waals surface area contributed by atoms with E-state index in [0.717, 1.165) is 31.6 Å². The number of amides is 2. The first-order chi connectivity index (χ1) is 11.8. The predicted octanol–water partition coefficient (Wildman–Crippen LogP) is 1.83. The van der Waals surface area contributed by atoms with Crippen LogP contribution in [0.25, 0.3) is 0 Å². The third-order valence-corrected chi connectivity index (χ3v) is 4.54. The molecule has 0 spiro atoms. The summed E-state index contributed by atoms with van der Waals surface area (Å²) in [6.45, 7) is 7.20. The van der Waals surface area contributed by atoms with Gasteiger partial charge in [-0.2, -0.15) is 0 Å². The molecule has 1 heterocycles. The minimum atomic E-state index is -0.951. The molecule has 3 atom stereocenters. The smallest absolute Gasteiger partial charge is 0.257 e. The van der Waals surface area contributed by atoms with Crippen molar-refractivity contribution in [2.45, 2.75) is 39.3 Å². The fraction of sp³-hybridized carbons (Fsp3) is 0.556. The molecule has 1 aromatic carbocycles. The summed E-state index contributed by atoms with van der Waals surface area (Å²) < 4.78 is 27.5. The lowest BCUT2D eigenvalue weighted by Crippen LogP contribution is -2.56. The first-order valence-electron chi connectivity index (χ1n) is 8.57. The molecule has 3 unspecified atom stereocenters. The number of hydrogen-bond donors (Lipinski definition) is 3. The van der Waals surface area contributed by atoms with Crippen molar-refractivity contribution in [1.82, 2.24) is 16.0 Å². The van der Waals surface area contributed by atoms with Crippen molar-refractivity contribution in [3.05, 3.63) is 35.4 Å². The molecule has 3 N–H and O–H groups in total. The van der Waals surface area contributed by atoms with Crippen molar-refractivity contribution in [2.75, 3.05) is 13.1 Å². The van der Waals surface area contributed by atoms with Gasteiger partial charge in [-0.1, -0.05) is 26.8 Å². The quantitative estimate of drug-likeness (QED) is 0.756. The lowest BCUT2D eigenvalue weighted by molar-refractivity contribution is -0.125. The molecule has 25 heavy (non-hydrogen) atoms. The summed E-state index contributed by atoms with van der Waals surface area (Å²) in [5.41, 5.74) is -0.670. The van der Waals surface area contributed by atoms with Crippen LogP contribution in [0.15, 0.2) is 18.2 Å². The number of rotatable bonds is 5. The highest BCUT2D eigenvalue weighted by Gasteiger charge is 2.30. The summed E-state index contributed by atoms with van der Waals surface area (Å²) in [5.74, 6) is -3.12. The average Bonchev–Trinajstić information content (AvgIpc) is 2.54. The highest BCUT2D eigenvalue weighted by atomic mass is 19.1. The summed E-state index contributed by atoms with van der Waals surface area (Å²) in [6.07, 6.45) is 0.799. The molecule has 2 amide bonds. The number of hydrogen-bond acceptors (Lipinski definition) is 3. The molecule has 1 fully saturated rings. The van der Waals surface area contributed by atoms with Crippen LogP contribution in [0, 0.1) is 23.5 Å². The first kappa shape index (κ1) is 19.3. The van der Waals surface area contributed by atoms with Crippen LogP contribution in [0.1, 0.15) is 37.6 Å².